The van der Waals surface area contributed by atoms with Gasteiger partial charge in [0.2, 0.25) is 0 Å². The molecule has 0 saturated heterocycles. The number of pyridine rings is 1. The molecule has 142 valence electrons. The monoisotopic (exact) mass is 395 g/mol. The highest BCUT2D eigenvalue weighted by Crippen LogP contribution is 2.28. The van der Waals surface area contributed by atoms with Crippen LogP contribution in [0.5, 0.6) is 5.75 Å². The van der Waals surface area contributed by atoms with Crippen LogP contribution >= 0.6 is 11.6 Å². The maximum atomic E-state index is 12.7. The molecule has 28 heavy (non-hydrogen) atoms. The molecule has 1 aromatic heterocycles. The molecule has 0 spiro atoms. The fraction of sp³-hybridized carbons (Fsp3) is 0.0952. The topological polar surface area (TPSA) is 80.3 Å². The number of anilines is 2. The van der Waals surface area contributed by atoms with Crippen LogP contribution in [0.1, 0.15) is 27.6 Å². The van der Waals surface area contributed by atoms with E-state index >= 15 is 0 Å². The van der Waals surface area contributed by atoms with Crippen LogP contribution in [0.25, 0.3) is 0 Å². The van der Waals surface area contributed by atoms with Gasteiger partial charge in [0.15, 0.2) is 0 Å². The van der Waals surface area contributed by atoms with Crippen molar-refractivity contribution in [3.63, 3.8) is 0 Å². The third kappa shape index (κ3) is 4.86. The zero-order valence-corrected chi connectivity index (χ0v) is 15.9. The number of carbonyl (C=O) groups excluding carboxylic acids is 2. The molecule has 3 rings (SSSR count). The Morgan fingerprint density at radius 1 is 1.00 bits per heavy atom. The minimum Gasteiger partial charge on any atom is -0.492 e. The zero-order valence-electron chi connectivity index (χ0n) is 15.1. The number of ether oxygens (including phenoxy) is 1. The Morgan fingerprint density at radius 3 is 2.54 bits per heavy atom. The lowest BCUT2D eigenvalue weighted by Crippen LogP contribution is -2.15. The first-order valence-electron chi connectivity index (χ1n) is 8.62. The van der Waals surface area contributed by atoms with Crippen LogP contribution in [-0.4, -0.2) is 23.4 Å². The number of hydrogen-bond acceptors (Lipinski definition) is 4. The van der Waals surface area contributed by atoms with Crippen molar-refractivity contribution in [1.82, 2.24) is 4.98 Å². The Hall–Kier alpha value is -3.38. The lowest BCUT2D eigenvalue weighted by Gasteiger charge is -2.12. The molecule has 0 aliphatic carbocycles. The molecule has 2 aromatic carbocycles. The van der Waals surface area contributed by atoms with Crippen molar-refractivity contribution in [2.75, 3.05) is 17.2 Å². The predicted octanol–water partition coefficient (Wildman–Crippen LogP) is 4.64. The van der Waals surface area contributed by atoms with Crippen molar-refractivity contribution in [3.8, 4) is 5.75 Å². The third-order valence-electron chi connectivity index (χ3n) is 3.80. The second kappa shape index (κ2) is 9.01. The van der Waals surface area contributed by atoms with Crippen LogP contribution in [0, 0.1) is 0 Å². The van der Waals surface area contributed by atoms with Crippen LogP contribution in [-0.2, 0) is 0 Å². The molecule has 0 fully saturated rings. The van der Waals surface area contributed by atoms with E-state index in [0.717, 1.165) is 0 Å². The molecular weight excluding hydrogens is 378 g/mol. The first-order chi connectivity index (χ1) is 13.6. The second-order valence-electron chi connectivity index (χ2n) is 5.80. The summed E-state index contributed by atoms with van der Waals surface area (Å²) in [6.07, 6.45) is 3.06. The summed E-state index contributed by atoms with van der Waals surface area (Å²) in [6, 6.07) is 15.0. The molecule has 1 heterocycles. The minimum atomic E-state index is -0.347. The van der Waals surface area contributed by atoms with Gasteiger partial charge in [-0.3, -0.25) is 14.6 Å². The molecular formula is C21H18ClN3O3. The third-order valence-corrected chi connectivity index (χ3v) is 4.03. The molecule has 0 unspecified atom stereocenters. The minimum absolute atomic E-state index is 0.306. The van der Waals surface area contributed by atoms with Gasteiger partial charge in [-0.1, -0.05) is 17.7 Å². The normalized spacial score (nSPS) is 10.2. The van der Waals surface area contributed by atoms with E-state index in [0.29, 0.717) is 39.9 Å². The lowest BCUT2D eigenvalue weighted by molar-refractivity contribution is 0.101. The Balaban J connectivity index is 1.76. The molecule has 0 aliphatic heterocycles. The fourth-order valence-electron chi connectivity index (χ4n) is 2.51. The average Bonchev–Trinajstić information content (AvgIpc) is 2.71. The van der Waals surface area contributed by atoms with Crippen molar-refractivity contribution >= 4 is 34.8 Å². The molecule has 0 saturated carbocycles. The molecule has 0 bridgehead atoms. The molecule has 2 N–H and O–H groups in total. The van der Waals surface area contributed by atoms with Crippen LogP contribution < -0.4 is 15.4 Å². The van der Waals surface area contributed by atoms with Crippen molar-refractivity contribution in [2.24, 2.45) is 0 Å². The molecule has 2 amide bonds. The quantitative estimate of drug-likeness (QED) is 0.637. The number of halogens is 1. The second-order valence-corrected chi connectivity index (χ2v) is 6.24. The first kappa shape index (κ1) is 19.4. The SMILES string of the molecule is CCOc1ccc(Cl)cc1NC(=O)c1cccc(NC(=O)c2cccnc2)c1. The summed E-state index contributed by atoms with van der Waals surface area (Å²) >= 11 is 6.03. The molecule has 0 aliphatic rings. The summed E-state index contributed by atoms with van der Waals surface area (Å²) in [5.41, 5.74) is 1.78. The van der Waals surface area contributed by atoms with Crippen molar-refractivity contribution in [1.29, 1.82) is 0 Å². The number of hydrogen-bond donors (Lipinski definition) is 2. The maximum Gasteiger partial charge on any atom is 0.257 e. The highest BCUT2D eigenvalue weighted by atomic mass is 35.5. The Morgan fingerprint density at radius 2 is 1.79 bits per heavy atom. The van der Waals surface area contributed by atoms with E-state index < -0.39 is 0 Å². The smallest absolute Gasteiger partial charge is 0.257 e. The van der Waals surface area contributed by atoms with Crippen molar-refractivity contribution in [3.05, 3.63) is 83.1 Å². The van der Waals surface area contributed by atoms with Crippen LogP contribution in [0.15, 0.2) is 67.0 Å². The van der Waals surface area contributed by atoms with Gasteiger partial charge in [-0.15, -0.1) is 0 Å². The van der Waals surface area contributed by atoms with Crippen molar-refractivity contribution in [2.45, 2.75) is 6.92 Å². The van der Waals surface area contributed by atoms with E-state index in [-0.39, 0.29) is 11.8 Å². The van der Waals surface area contributed by atoms with Gasteiger partial charge in [0.25, 0.3) is 11.8 Å². The van der Waals surface area contributed by atoms with Crippen LogP contribution in [0.4, 0.5) is 11.4 Å². The van der Waals surface area contributed by atoms with E-state index in [4.69, 9.17) is 16.3 Å². The van der Waals surface area contributed by atoms with E-state index in [1.54, 1.807) is 60.8 Å². The van der Waals surface area contributed by atoms with Gasteiger partial charge in [-0.2, -0.15) is 0 Å². The summed E-state index contributed by atoms with van der Waals surface area (Å²) < 4.78 is 5.52. The maximum absolute atomic E-state index is 12.7. The van der Waals surface area contributed by atoms with Gasteiger partial charge in [0.1, 0.15) is 5.75 Å². The molecule has 3 aromatic rings. The molecule has 0 radical (unpaired) electrons. The van der Waals surface area contributed by atoms with Crippen LogP contribution in [0.3, 0.4) is 0 Å². The number of benzene rings is 2. The van der Waals surface area contributed by atoms with Gasteiger partial charge >= 0.3 is 0 Å². The molecule has 6 nitrogen and oxygen atoms in total. The molecule has 7 heteroatoms. The number of aromatic nitrogens is 1. The summed E-state index contributed by atoms with van der Waals surface area (Å²) in [5, 5.41) is 6.03. The number of amides is 2. The summed E-state index contributed by atoms with van der Waals surface area (Å²) in [5.74, 6) is -0.124. The summed E-state index contributed by atoms with van der Waals surface area (Å²) in [7, 11) is 0. The molecule has 0 atom stereocenters. The van der Waals surface area contributed by atoms with Gasteiger partial charge in [0, 0.05) is 28.7 Å². The largest absolute Gasteiger partial charge is 0.492 e. The van der Waals surface area contributed by atoms with E-state index in [9.17, 15) is 9.59 Å². The number of rotatable bonds is 6. The predicted molar refractivity (Wildman–Crippen MR) is 109 cm³/mol. The summed E-state index contributed by atoms with van der Waals surface area (Å²) in [6.45, 7) is 2.31. The van der Waals surface area contributed by atoms with E-state index in [2.05, 4.69) is 15.6 Å². The number of carbonyl (C=O) groups is 2. The highest BCUT2D eigenvalue weighted by Gasteiger charge is 2.12. The standard InChI is InChI=1S/C21H18ClN3O3/c1-2-28-19-9-8-16(22)12-18(19)25-20(26)14-5-3-7-17(11-14)24-21(27)15-6-4-10-23-13-15/h3-13H,2H2,1H3,(H,24,27)(H,25,26). The van der Waals surface area contributed by atoms with E-state index in [1.807, 2.05) is 6.92 Å². The number of nitrogens with zero attached hydrogens (tertiary/aromatic N) is 1. The Bertz CT molecular complexity index is 993. The van der Waals surface area contributed by atoms with Gasteiger partial charge in [0.05, 0.1) is 17.9 Å². The van der Waals surface area contributed by atoms with E-state index in [1.165, 1.54) is 6.20 Å². The lowest BCUT2D eigenvalue weighted by atomic mass is 10.1. The Kier molecular flexibility index (Phi) is 6.24. The average molecular weight is 396 g/mol. The van der Waals surface area contributed by atoms with Gasteiger partial charge in [-0.25, -0.2) is 0 Å². The summed E-state index contributed by atoms with van der Waals surface area (Å²) in [4.78, 5) is 28.8. The zero-order chi connectivity index (χ0) is 19.9. The fourth-order valence-corrected chi connectivity index (χ4v) is 2.69. The van der Waals surface area contributed by atoms with Gasteiger partial charge < -0.3 is 15.4 Å². The van der Waals surface area contributed by atoms with Crippen LogP contribution in [0.2, 0.25) is 5.02 Å². The van der Waals surface area contributed by atoms with Crippen molar-refractivity contribution < 1.29 is 14.3 Å². The van der Waals surface area contributed by atoms with Gasteiger partial charge in [-0.05, 0) is 55.5 Å². The highest BCUT2D eigenvalue weighted by molar-refractivity contribution is 6.31. The first-order valence-corrected chi connectivity index (χ1v) is 8.99. The number of nitrogens with one attached hydrogen (secondary N) is 2. The Labute approximate surface area is 167 Å².